The van der Waals surface area contributed by atoms with Crippen LogP contribution in [0, 0.1) is 31.1 Å². The van der Waals surface area contributed by atoms with Crippen LogP contribution in [0.4, 0.5) is 5.82 Å². The summed E-state index contributed by atoms with van der Waals surface area (Å²) >= 11 is 0. The number of aromatic nitrogens is 2. The van der Waals surface area contributed by atoms with Crippen LogP contribution in [0.15, 0.2) is 30.6 Å². The van der Waals surface area contributed by atoms with Gasteiger partial charge in [0.15, 0.2) is 0 Å². The van der Waals surface area contributed by atoms with Gasteiger partial charge in [0.05, 0.1) is 18.4 Å². The van der Waals surface area contributed by atoms with Crippen LogP contribution in [0.3, 0.4) is 0 Å². The fourth-order valence-corrected chi connectivity index (χ4v) is 2.68. The standard InChI is InChI=1S/C17H18N4O/c1-12-6-13(2)20-17(16(12)7-18)21-9-14(10-21)11-22-15-4-3-5-19-8-15/h3-6,8,14H,9-11H2,1-2H3. The number of ether oxygens (including phenoxy) is 1. The zero-order valence-corrected chi connectivity index (χ0v) is 12.8. The zero-order chi connectivity index (χ0) is 15.5. The topological polar surface area (TPSA) is 62.0 Å². The molecule has 0 unspecified atom stereocenters. The van der Waals surface area contributed by atoms with E-state index < -0.39 is 0 Å². The number of rotatable bonds is 4. The lowest BCUT2D eigenvalue weighted by Gasteiger charge is -2.40. The van der Waals surface area contributed by atoms with Gasteiger partial charge in [-0.25, -0.2) is 4.98 Å². The van der Waals surface area contributed by atoms with Crippen LogP contribution < -0.4 is 9.64 Å². The molecule has 1 saturated heterocycles. The SMILES string of the molecule is Cc1cc(C)c(C#N)c(N2CC(COc3cccnc3)C2)n1. The summed E-state index contributed by atoms with van der Waals surface area (Å²) in [4.78, 5) is 10.7. The molecule has 1 aliphatic rings. The Morgan fingerprint density at radius 2 is 2.23 bits per heavy atom. The van der Waals surface area contributed by atoms with Gasteiger partial charge in [-0.3, -0.25) is 4.98 Å². The minimum Gasteiger partial charge on any atom is -0.492 e. The highest BCUT2D eigenvalue weighted by molar-refractivity contribution is 5.59. The second-order valence-electron chi connectivity index (χ2n) is 5.66. The number of aryl methyl sites for hydroxylation is 2. The minimum atomic E-state index is 0.453. The smallest absolute Gasteiger partial charge is 0.147 e. The van der Waals surface area contributed by atoms with Crippen molar-refractivity contribution < 1.29 is 4.74 Å². The Labute approximate surface area is 130 Å². The Morgan fingerprint density at radius 3 is 2.91 bits per heavy atom. The Hall–Kier alpha value is -2.61. The first-order valence-electron chi connectivity index (χ1n) is 7.33. The summed E-state index contributed by atoms with van der Waals surface area (Å²) < 4.78 is 5.72. The number of nitrogens with zero attached hydrogens (tertiary/aromatic N) is 4. The van der Waals surface area contributed by atoms with Crippen LogP contribution in [-0.2, 0) is 0 Å². The first-order chi connectivity index (χ1) is 10.7. The summed E-state index contributed by atoms with van der Waals surface area (Å²) in [6, 6.07) is 7.99. The lowest BCUT2D eigenvalue weighted by atomic mass is 9.99. The zero-order valence-electron chi connectivity index (χ0n) is 12.8. The van der Waals surface area contributed by atoms with Crippen LogP contribution in [0.25, 0.3) is 0 Å². The van der Waals surface area contributed by atoms with Crippen molar-refractivity contribution in [2.24, 2.45) is 5.92 Å². The minimum absolute atomic E-state index is 0.453. The molecule has 0 aromatic carbocycles. The molecule has 5 nitrogen and oxygen atoms in total. The Morgan fingerprint density at radius 1 is 1.41 bits per heavy atom. The third kappa shape index (κ3) is 2.86. The molecule has 0 radical (unpaired) electrons. The van der Waals surface area contributed by atoms with E-state index in [0.717, 1.165) is 35.9 Å². The average molecular weight is 294 g/mol. The van der Waals surface area contributed by atoms with Crippen molar-refractivity contribution in [2.45, 2.75) is 13.8 Å². The lowest BCUT2D eigenvalue weighted by Crippen LogP contribution is -2.50. The van der Waals surface area contributed by atoms with E-state index >= 15 is 0 Å². The summed E-state index contributed by atoms with van der Waals surface area (Å²) in [7, 11) is 0. The molecule has 0 N–H and O–H groups in total. The van der Waals surface area contributed by atoms with Crippen molar-refractivity contribution in [2.75, 3.05) is 24.6 Å². The second-order valence-corrected chi connectivity index (χ2v) is 5.66. The number of pyridine rings is 2. The maximum absolute atomic E-state index is 9.33. The van der Waals surface area contributed by atoms with E-state index in [-0.39, 0.29) is 0 Å². The van der Waals surface area contributed by atoms with Crippen LogP contribution in [0.2, 0.25) is 0 Å². The molecular weight excluding hydrogens is 276 g/mol. The molecule has 3 rings (SSSR count). The Bertz CT molecular complexity index is 703. The number of hydrogen-bond donors (Lipinski definition) is 0. The average Bonchev–Trinajstić information content (AvgIpc) is 2.46. The highest BCUT2D eigenvalue weighted by atomic mass is 16.5. The van der Waals surface area contributed by atoms with Gasteiger partial charge in [-0.05, 0) is 37.6 Å². The van der Waals surface area contributed by atoms with Gasteiger partial charge in [-0.2, -0.15) is 5.26 Å². The lowest BCUT2D eigenvalue weighted by molar-refractivity contribution is 0.219. The van der Waals surface area contributed by atoms with E-state index in [0.29, 0.717) is 18.1 Å². The highest BCUT2D eigenvalue weighted by Crippen LogP contribution is 2.28. The first kappa shape index (κ1) is 14.3. The van der Waals surface area contributed by atoms with Gasteiger partial charge in [-0.1, -0.05) is 0 Å². The molecule has 0 spiro atoms. The summed E-state index contributed by atoms with van der Waals surface area (Å²) in [5, 5.41) is 9.33. The van der Waals surface area contributed by atoms with Gasteiger partial charge in [-0.15, -0.1) is 0 Å². The molecule has 0 amide bonds. The third-order valence-corrected chi connectivity index (χ3v) is 3.81. The molecule has 0 atom stereocenters. The second kappa shape index (κ2) is 6.02. The van der Waals surface area contributed by atoms with E-state index in [4.69, 9.17) is 4.74 Å². The highest BCUT2D eigenvalue weighted by Gasteiger charge is 2.30. The van der Waals surface area contributed by atoms with Crippen LogP contribution in [0.5, 0.6) is 5.75 Å². The van der Waals surface area contributed by atoms with Gasteiger partial charge < -0.3 is 9.64 Å². The molecule has 0 bridgehead atoms. The summed E-state index contributed by atoms with van der Waals surface area (Å²) in [5.41, 5.74) is 2.61. The summed E-state index contributed by atoms with van der Waals surface area (Å²) in [6.07, 6.45) is 3.45. The van der Waals surface area contributed by atoms with E-state index in [1.807, 2.05) is 32.0 Å². The largest absolute Gasteiger partial charge is 0.492 e. The molecular formula is C17H18N4O. The van der Waals surface area contributed by atoms with Crippen molar-refractivity contribution in [3.63, 3.8) is 0 Å². The quantitative estimate of drug-likeness (QED) is 0.867. The third-order valence-electron chi connectivity index (χ3n) is 3.81. The predicted molar refractivity (Wildman–Crippen MR) is 83.9 cm³/mol. The van der Waals surface area contributed by atoms with Crippen molar-refractivity contribution in [1.29, 1.82) is 5.26 Å². The van der Waals surface area contributed by atoms with Crippen LogP contribution >= 0.6 is 0 Å². The molecule has 2 aromatic heterocycles. The van der Waals surface area contributed by atoms with Gasteiger partial charge in [0.25, 0.3) is 0 Å². The summed E-state index contributed by atoms with van der Waals surface area (Å²) in [6.45, 7) is 6.31. The monoisotopic (exact) mass is 294 g/mol. The van der Waals surface area contributed by atoms with Crippen molar-refractivity contribution in [3.05, 3.63) is 47.4 Å². The van der Waals surface area contributed by atoms with E-state index in [2.05, 4.69) is 20.9 Å². The van der Waals surface area contributed by atoms with Gasteiger partial charge in [0.2, 0.25) is 0 Å². The van der Waals surface area contributed by atoms with E-state index in [9.17, 15) is 5.26 Å². The fourth-order valence-electron chi connectivity index (χ4n) is 2.68. The van der Waals surface area contributed by atoms with Crippen LogP contribution in [0.1, 0.15) is 16.8 Å². The Kier molecular flexibility index (Phi) is 3.92. The predicted octanol–water partition coefficient (Wildman–Crippen LogP) is 2.48. The summed E-state index contributed by atoms with van der Waals surface area (Å²) in [5.74, 6) is 2.05. The molecule has 0 saturated carbocycles. The molecule has 1 aliphatic heterocycles. The molecule has 1 fully saturated rings. The Balaban J connectivity index is 1.61. The molecule has 5 heteroatoms. The maximum atomic E-state index is 9.33. The number of anilines is 1. The normalized spacial score (nSPS) is 14.3. The maximum Gasteiger partial charge on any atom is 0.147 e. The van der Waals surface area contributed by atoms with Gasteiger partial charge in [0.1, 0.15) is 17.6 Å². The van der Waals surface area contributed by atoms with Crippen molar-refractivity contribution >= 4 is 5.82 Å². The van der Waals surface area contributed by atoms with Gasteiger partial charge in [0, 0.05) is 30.9 Å². The molecule has 0 aliphatic carbocycles. The fraction of sp³-hybridized carbons (Fsp3) is 0.353. The number of nitriles is 1. The first-order valence-corrected chi connectivity index (χ1v) is 7.33. The van der Waals surface area contributed by atoms with Crippen molar-refractivity contribution in [3.8, 4) is 11.8 Å². The van der Waals surface area contributed by atoms with Crippen LogP contribution in [-0.4, -0.2) is 29.7 Å². The molecule has 112 valence electrons. The molecule has 2 aromatic rings. The van der Waals surface area contributed by atoms with Crippen molar-refractivity contribution in [1.82, 2.24) is 9.97 Å². The number of hydrogen-bond acceptors (Lipinski definition) is 5. The molecule has 3 heterocycles. The van der Waals surface area contributed by atoms with E-state index in [1.54, 1.807) is 12.4 Å². The van der Waals surface area contributed by atoms with E-state index in [1.165, 1.54) is 0 Å². The van der Waals surface area contributed by atoms with Gasteiger partial charge >= 0.3 is 0 Å². The molecule has 22 heavy (non-hydrogen) atoms.